The summed E-state index contributed by atoms with van der Waals surface area (Å²) in [6, 6.07) is 8.02. The van der Waals surface area contributed by atoms with E-state index in [0.29, 0.717) is 23.0 Å². The fourth-order valence-electron chi connectivity index (χ4n) is 2.95. The summed E-state index contributed by atoms with van der Waals surface area (Å²) in [4.78, 5) is 24.5. The topological polar surface area (TPSA) is 119 Å². The van der Waals surface area contributed by atoms with Crippen LogP contribution in [0.3, 0.4) is 0 Å². The number of hydrogen-bond acceptors (Lipinski definition) is 8. The second kappa shape index (κ2) is 7.51. The highest BCUT2D eigenvalue weighted by Crippen LogP contribution is 2.32. The van der Waals surface area contributed by atoms with Crippen LogP contribution in [-0.4, -0.2) is 26.9 Å². The number of nitrogens with one attached hydrogen (secondary N) is 2. The smallest absolute Gasteiger partial charge is 0.270 e. The van der Waals surface area contributed by atoms with Gasteiger partial charge in [0.15, 0.2) is 5.69 Å². The standard InChI is InChI=1S/C20H20N6O2S/c1-10(2)24-15-7-17(25-12-4-5-14-16(6-12)29-9-23-14)22-8-13(15)20-26-18(19(21)27)11(3)28-20/h4-10H,1-3H3,(H2,21,27)(H2,22,24,25). The zero-order valence-corrected chi connectivity index (χ0v) is 17.0. The van der Waals surface area contributed by atoms with Crippen molar-refractivity contribution in [2.24, 2.45) is 5.73 Å². The quantitative estimate of drug-likeness (QED) is 0.435. The largest absolute Gasteiger partial charge is 0.440 e. The first kappa shape index (κ1) is 18.9. The van der Waals surface area contributed by atoms with Gasteiger partial charge in [-0.15, -0.1) is 11.3 Å². The first-order valence-electron chi connectivity index (χ1n) is 9.05. The lowest BCUT2D eigenvalue weighted by molar-refractivity contribution is 0.0994. The molecule has 4 rings (SSSR count). The molecule has 4 N–H and O–H groups in total. The Hall–Kier alpha value is -3.46. The van der Waals surface area contributed by atoms with Crippen molar-refractivity contribution in [3.8, 4) is 11.5 Å². The van der Waals surface area contributed by atoms with E-state index in [4.69, 9.17) is 10.2 Å². The summed E-state index contributed by atoms with van der Waals surface area (Å²) < 4.78 is 6.76. The lowest BCUT2D eigenvalue weighted by Gasteiger charge is -2.15. The molecular weight excluding hydrogens is 388 g/mol. The fraction of sp³-hybridized carbons (Fsp3) is 0.200. The molecule has 0 aliphatic heterocycles. The number of rotatable bonds is 6. The molecule has 1 amide bonds. The van der Waals surface area contributed by atoms with Crippen molar-refractivity contribution < 1.29 is 9.21 Å². The molecule has 0 fully saturated rings. The van der Waals surface area contributed by atoms with Crippen LogP contribution in [0.25, 0.3) is 21.7 Å². The van der Waals surface area contributed by atoms with Gasteiger partial charge in [0.05, 0.1) is 27.0 Å². The molecule has 0 aliphatic carbocycles. The van der Waals surface area contributed by atoms with Gasteiger partial charge in [-0.2, -0.15) is 0 Å². The van der Waals surface area contributed by atoms with Crippen LogP contribution >= 0.6 is 11.3 Å². The van der Waals surface area contributed by atoms with Gasteiger partial charge in [0.1, 0.15) is 11.6 Å². The molecule has 0 spiro atoms. The second-order valence-electron chi connectivity index (χ2n) is 6.86. The minimum Gasteiger partial charge on any atom is -0.440 e. The highest BCUT2D eigenvalue weighted by Gasteiger charge is 2.19. The molecule has 0 saturated heterocycles. The minimum absolute atomic E-state index is 0.121. The van der Waals surface area contributed by atoms with Gasteiger partial charge < -0.3 is 20.8 Å². The number of carbonyl (C=O) groups is 1. The highest BCUT2D eigenvalue weighted by molar-refractivity contribution is 7.16. The van der Waals surface area contributed by atoms with Gasteiger partial charge in [-0.3, -0.25) is 4.79 Å². The Labute approximate surface area is 171 Å². The maximum Gasteiger partial charge on any atom is 0.270 e. The number of hydrogen-bond donors (Lipinski definition) is 3. The third kappa shape index (κ3) is 3.90. The number of fused-ring (bicyclic) bond motifs is 1. The Morgan fingerprint density at radius 1 is 1.24 bits per heavy atom. The van der Waals surface area contributed by atoms with Crippen LogP contribution in [0, 0.1) is 6.92 Å². The van der Waals surface area contributed by atoms with E-state index in [1.807, 2.05) is 43.6 Å². The van der Waals surface area contributed by atoms with E-state index < -0.39 is 5.91 Å². The maximum atomic E-state index is 11.5. The molecule has 0 aliphatic rings. The van der Waals surface area contributed by atoms with E-state index in [1.54, 1.807) is 24.5 Å². The second-order valence-corrected chi connectivity index (χ2v) is 7.75. The van der Waals surface area contributed by atoms with Crippen molar-refractivity contribution in [2.45, 2.75) is 26.8 Å². The number of primary amides is 1. The number of carbonyl (C=O) groups excluding carboxylic acids is 1. The Balaban J connectivity index is 1.70. The number of aryl methyl sites for hydroxylation is 1. The molecule has 3 heterocycles. The van der Waals surface area contributed by atoms with Gasteiger partial charge in [-0.25, -0.2) is 15.0 Å². The highest BCUT2D eigenvalue weighted by atomic mass is 32.1. The van der Waals surface area contributed by atoms with Crippen LogP contribution in [0.5, 0.6) is 0 Å². The normalized spacial score (nSPS) is 11.2. The predicted octanol–water partition coefficient (Wildman–Crippen LogP) is 4.32. The summed E-state index contributed by atoms with van der Waals surface area (Å²) in [5.41, 5.74) is 10.6. The molecule has 0 atom stereocenters. The molecule has 0 radical (unpaired) electrons. The van der Waals surface area contributed by atoms with E-state index in [-0.39, 0.29) is 11.7 Å². The number of nitrogens with two attached hydrogens (primary N) is 1. The number of oxazole rings is 1. The van der Waals surface area contributed by atoms with E-state index in [0.717, 1.165) is 21.6 Å². The molecule has 9 heteroatoms. The molecule has 1 aromatic carbocycles. The van der Waals surface area contributed by atoms with Gasteiger partial charge >= 0.3 is 0 Å². The van der Waals surface area contributed by atoms with Crippen LogP contribution in [0.1, 0.15) is 30.1 Å². The first-order valence-corrected chi connectivity index (χ1v) is 9.93. The molecule has 8 nitrogen and oxygen atoms in total. The Morgan fingerprint density at radius 2 is 2.07 bits per heavy atom. The Bertz CT molecular complexity index is 1200. The number of anilines is 3. The average Bonchev–Trinajstić information content (AvgIpc) is 3.27. The summed E-state index contributed by atoms with van der Waals surface area (Å²) in [5, 5.41) is 6.69. The molecule has 0 bridgehead atoms. The number of thiazole rings is 1. The number of pyridine rings is 1. The molecular formula is C20H20N6O2S. The minimum atomic E-state index is -0.624. The van der Waals surface area contributed by atoms with E-state index in [2.05, 4.69) is 25.6 Å². The van der Waals surface area contributed by atoms with Gasteiger partial charge in [-0.05, 0) is 39.0 Å². The van der Waals surface area contributed by atoms with Crippen molar-refractivity contribution >= 4 is 44.7 Å². The number of amides is 1. The zero-order chi connectivity index (χ0) is 20.5. The van der Waals surface area contributed by atoms with Crippen molar-refractivity contribution in [3.63, 3.8) is 0 Å². The summed E-state index contributed by atoms with van der Waals surface area (Å²) in [6.45, 7) is 5.72. The zero-order valence-electron chi connectivity index (χ0n) is 16.2. The van der Waals surface area contributed by atoms with Crippen LogP contribution in [0.4, 0.5) is 17.2 Å². The van der Waals surface area contributed by atoms with Crippen LogP contribution in [-0.2, 0) is 0 Å². The van der Waals surface area contributed by atoms with Gasteiger partial charge in [0.25, 0.3) is 5.91 Å². The third-order valence-corrected chi connectivity index (χ3v) is 5.00. The average molecular weight is 408 g/mol. The maximum absolute atomic E-state index is 11.5. The number of aromatic nitrogens is 3. The molecule has 3 aromatic heterocycles. The first-order chi connectivity index (χ1) is 13.9. The molecule has 29 heavy (non-hydrogen) atoms. The van der Waals surface area contributed by atoms with Crippen molar-refractivity contribution in [1.29, 1.82) is 0 Å². The van der Waals surface area contributed by atoms with E-state index >= 15 is 0 Å². The Kier molecular flexibility index (Phi) is 4.89. The summed E-state index contributed by atoms with van der Waals surface area (Å²) >= 11 is 1.59. The lowest BCUT2D eigenvalue weighted by Crippen LogP contribution is -2.13. The third-order valence-electron chi connectivity index (χ3n) is 4.21. The molecule has 4 aromatic rings. The summed E-state index contributed by atoms with van der Waals surface area (Å²) in [5.74, 6) is 0.715. The monoisotopic (exact) mass is 408 g/mol. The van der Waals surface area contributed by atoms with Gasteiger partial charge in [0.2, 0.25) is 5.89 Å². The summed E-state index contributed by atoms with van der Waals surface area (Å²) in [7, 11) is 0. The lowest BCUT2D eigenvalue weighted by atomic mass is 10.2. The van der Waals surface area contributed by atoms with Crippen molar-refractivity contribution in [2.75, 3.05) is 10.6 Å². The molecule has 148 valence electrons. The van der Waals surface area contributed by atoms with Gasteiger partial charge in [-0.1, -0.05) is 0 Å². The predicted molar refractivity (Wildman–Crippen MR) is 115 cm³/mol. The molecule has 0 unspecified atom stereocenters. The van der Waals surface area contributed by atoms with Crippen molar-refractivity contribution in [3.05, 3.63) is 47.4 Å². The number of benzene rings is 1. The van der Waals surface area contributed by atoms with Crippen LogP contribution < -0.4 is 16.4 Å². The van der Waals surface area contributed by atoms with E-state index in [1.165, 1.54) is 0 Å². The Morgan fingerprint density at radius 3 is 2.79 bits per heavy atom. The SMILES string of the molecule is Cc1oc(-c2cnc(Nc3ccc4ncsc4c3)cc2NC(C)C)nc1C(N)=O. The number of nitrogens with zero attached hydrogens (tertiary/aromatic N) is 3. The van der Waals surface area contributed by atoms with E-state index in [9.17, 15) is 4.79 Å². The summed E-state index contributed by atoms with van der Waals surface area (Å²) in [6.07, 6.45) is 1.66. The van der Waals surface area contributed by atoms with Crippen molar-refractivity contribution in [1.82, 2.24) is 15.0 Å². The fourth-order valence-corrected chi connectivity index (χ4v) is 3.66. The van der Waals surface area contributed by atoms with Crippen LogP contribution in [0.15, 0.2) is 40.4 Å². The van der Waals surface area contributed by atoms with Crippen LogP contribution in [0.2, 0.25) is 0 Å². The van der Waals surface area contributed by atoms with Gasteiger partial charge in [0, 0.05) is 24.0 Å². The molecule has 0 saturated carbocycles.